The van der Waals surface area contributed by atoms with Crippen LogP contribution in [0.1, 0.15) is 75.0 Å². The first-order valence-electron chi connectivity index (χ1n) is 11.5. The van der Waals surface area contributed by atoms with E-state index in [1.807, 2.05) is 30.0 Å². The summed E-state index contributed by atoms with van der Waals surface area (Å²) in [6, 6.07) is 10.3. The molecule has 32 heavy (non-hydrogen) atoms. The van der Waals surface area contributed by atoms with Gasteiger partial charge in [0.15, 0.2) is 11.7 Å². The molecule has 2 N–H and O–H groups in total. The summed E-state index contributed by atoms with van der Waals surface area (Å²) in [5.41, 5.74) is 3.31. The molecule has 176 valence electrons. The first-order valence-corrected chi connectivity index (χ1v) is 11.5. The van der Waals surface area contributed by atoms with E-state index in [2.05, 4.69) is 41.8 Å². The number of likely N-dealkylation sites (tertiary alicyclic amines) is 1. The maximum Gasteiger partial charge on any atom is 0.222 e. The summed E-state index contributed by atoms with van der Waals surface area (Å²) in [6.07, 6.45) is 3.73. The van der Waals surface area contributed by atoms with Gasteiger partial charge in [0.05, 0.1) is 18.8 Å². The minimum atomic E-state index is 0. The number of carbonyl (C=O) groups is 1. The fourth-order valence-electron chi connectivity index (χ4n) is 3.93. The molecule has 1 saturated heterocycles. The Hall–Kier alpha value is -2.10. The molecule has 0 saturated carbocycles. The molecule has 1 aromatic heterocycles. The van der Waals surface area contributed by atoms with Crippen molar-refractivity contribution >= 4 is 35.8 Å². The maximum absolute atomic E-state index is 12.0. The molecule has 1 fully saturated rings. The van der Waals surface area contributed by atoms with Crippen molar-refractivity contribution in [2.45, 2.75) is 72.0 Å². The van der Waals surface area contributed by atoms with Crippen LogP contribution in [-0.4, -0.2) is 35.0 Å². The Bertz CT molecular complexity index is 879. The first kappa shape index (κ1) is 26.2. The molecule has 0 aliphatic carbocycles. The van der Waals surface area contributed by atoms with Gasteiger partial charge < -0.3 is 20.1 Å². The van der Waals surface area contributed by atoms with Gasteiger partial charge in [-0.05, 0) is 37.3 Å². The lowest BCUT2D eigenvalue weighted by Crippen LogP contribution is -2.36. The van der Waals surface area contributed by atoms with E-state index < -0.39 is 0 Å². The zero-order valence-corrected chi connectivity index (χ0v) is 21.7. The second-order valence-corrected chi connectivity index (χ2v) is 7.97. The number of halogens is 1. The number of aromatic nitrogens is 1. The molecule has 0 atom stereocenters. The molecule has 1 amide bonds. The van der Waals surface area contributed by atoms with Crippen LogP contribution < -0.4 is 10.6 Å². The van der Waals surface area contributed by atoms with Gasteiger partial charge >= 0.3 is 0 Å². The van der Waals surface area contributed by atoms with Gasteiger partial charge in [0.1, 0.15) is 0 Å². The highest BCUT2D eigenvalue weighted by Crippen LogP contribution is 2.22. The van der Waals surface area contributed by atoms with Gasteiger partial charge in [-0.3, -0.25) is 4.79 Å². The lowest BCUT2D eigenvalue weighted by Gasteiger charge is -2.18. The van der Waals surface area contributed by atoms with E-state index in [1.165, 1.54) is 0 Å². The number of amides is 1. The van der Waals surface area contributed by atoms with Gasteiger partial charge in [-0.2, -0.15) is 0 Å². The Balaban J connectivity index is 0.00000363. The van der Waals surface area contributed by atoms with Crippen LogP contribution in [0.15, 0.2) is 39.8 Å². The predicted molar refractivity (Wildman–Crippen MR) is 138 cm³/mol. The van der Waals surface area contributed by atoms with Crippen molar-refractivity contribution in [2.75, 3.05) is 13.1 Å². The lowest BCUT2D eigenvalue weighted by molar-refractivity contribution is -0.128. The second kappa shape index (κ2) is 13.4. The van der Waals surface area contributed by atoms with Crippen LogP contribution in [0.4, 0.5) is 0 Å². The van der Waals surface area contributed by atoms with E-state index in [9.17, 15) is 4.79 Å². The van der Waals surface area contributed by atoms with Crippen LogP contribution in [0.25, 0.3) is 0 Å². The summed E-state index contributed by atoms with van der Waals surface area (Å²) in [5.74, 6) is 2.22. The van der Waals surface area contributed by atoms with E-state index in [-0.39, 0.29) is 29.9 Å². The lowest BCUT2D eigenvalue weighted by atomic mass is 9.99. The van der Waals surface area contributed by atoms with E-state index in [0.717, 1.165) is 60.9 Å². The SMILES string of the molecule is CCNC(=NCc1ccccc1CN1CCCC1=O)NCc1cc(C(CC)CC)no1.I. The fourth-order valence-corrected chi connectivity index (χ4v) is 3.93. The van der Waals surface area contributed by atoms with Crippen molar-refractivity contribution in [1.82, 2.24) is 20.7 Å². The van der Waals surface area contributed by atoms with E-state index >= 15 is 0 Å². The molecular weight excluding hydrogens is 517 g/mol. The quantitative estimate of drug-likeness (QED) is 0.256. The molecule has 0 bridgehead atoms. The van der Waals surface area contributed by atoms with Crippen LogP contribution in [0.2, 0.25) is 0 Å². The number of rotatable bonds is 10. The van der Waals surface area contributed by atoms with Gasteiger partial charge in [-0.1, -0.05) is 43.3 Å². The zero-order chi connectivity index (χ0) is 22.1. The molecule has 3 rings (SSSR count). The Labute approximate surface area is 208 Å². The smallest absolute Gasteiger partial charge is 0.222 e. The van der Waals surface area contributed by atoms with Gasteiger partial charge in [0.25, 0.3) is 0 Å². The topological polar surface area (TPSA) is 82.8 Å². The van der Waals surface area contributed by atoms with Crippen LogP contribution in [0.5, 0.6) is 0 Å². The Morgan fingerprint density at radius 2 is 1.94 bits per heavy atom. The number of nitrogens with one attached hydrogen (secondary N) is 2. The average molecular weight is 553 g/mol. The van der Waals surface area contributed by atoms with Crippen molar-refractivity contribution in [3.63, 3.8) is 0 Å². The molecule has 0 unspecified atom stereocenters. The Morgan fingerprint density at radius 3 is 2.59 bits per heavy atom. The summed E-state index contributed by atoms with van der Waals surface area (Å²) in [5, 5.41) is 10.9. The number of hydrogen-bond donors (Lipinski definition) is 2. The highest BCUT2D eigenvalue weighted by molar-refractivity contribution is 14.0. The average Bonchev–Trinajstić information content (AvgIpc) is 3.41. The standard InChI is InChI=1S/C24H35N5O2.HI/c1-4-18(5-2)22-14-21(31-28-22)16-27-24(25-6-3)26-15-19-10-7-8-11-20(19)17-29-13-9-12-23(29)30;/h7-8,10-11,14,18H,4-6,9,12-13,15-17H2,1-3H3,(H2,25,26,27);1H. The van der Waals surface area contributed by atoms with Gasteiger partial charge in [0.2, 0.25) is 5.91 Å². The maximum atomic E-state index is 12.0. The van der Waals surface area contributed by atoms with Crippen molar-refractivity contribution in [3.05, 3.63) is 52.9 Å². The third kappa shape index (κ3) is 7.21. The summed E-state index contributed by atoms with van der Waals surface area (Å²) >= 11 is 0. The zero-order valence-electron chi connectivity index (χ0n) is 19.4. The van der Waals surface area contributed by atoms with Crippen LogP contribution in [0, 0.1) is 0 Å². The predicted octanol–water partition coefficient (Wildman–Crippen LogP) is 4.57. The van der Waals surface area contributed by atoms with E-state index in [4.69, 9.17) is 9.52 Å². The van der Waals surface area contributed by atoms with Crippen LogP contribution >= 0.6 is 24.0 Å². The number of aliphatic imine (C=N–C) groups is 1. The molecule has 2 heterocycles. The molecule has 8 heteroatoms. The monoisotopic (exact) mass is 553 g/mol. The molecular formula is C24H36IN5O2. The van der Waals surface area contributed by atoms with E-state index in [1.54, 1.807) is 0 Å². The molecule has 1 aliphatic heterocycles. The molecule has 7 nitrogen and oxygen atoms in total. The Kier molecular flexibility index (Phi) is 11.0. The molecule has 0 radical (unpaired) electrons. The number of carbonyl (C=O) groups excluding carboxylic acids is 1. The molecule has 1 aromatic carbocycles. The second-order valence-electron chi connectivity index (χ2n) is 7.97. The van der Waals surface area contributed by atoms with Crippen molar-refractivity contribution < 1.29 is 9.32 Å². The summed E-state index contributed by atoms with van der Waals surface area (Å²) in [4.78, 5) is 18.7. The van der Waals surface area contributed by atoms with Crippen molar-refractivity contribution in [2.24, 2.45) is 4.99 Å². The fraction of sp³-hybridized carbons (Fsp3) is 0.542. The first-order chi connectivity index (χ1) is 15.1. The minimum absolute atomic E-state index is 0. The third-order valence-electron chi connectivity index (χ3n) is 5.81. The largest absolute Gasteiger partial charge is 0.359 e. The van der Waals surface area contributed by atoms with Gasteiger partial charge in [0, 0.05) is 38.0 Å². The van der Waals surface area contributed by atoms with Crippen molar-refractivity contribution in [3.8, 4) is 0 Å². The summed E-state index contributed by atoms with van der Waals surface area (Å²) < 4.78 is 5.51. The summed E-state index contributed by atoms with van der Waals surface area (Å²) in [6.45, 7) is 9.74. The van der Waals surface area contributed by atoms with Crippen LogP contribution in [0.3, 0.4) is 0 Å². The summed E-state index contributed by atoms with van der Waals surface area (Å²) in [7, 11) is 0. The normalized spacial score (nSPS) is 14.1. The number of benzene rings is 1. The molecule has 2 aromatic rings. The third-order valence-corrected chi connectivity index (χ3v) is 5.81. The van der Waals surface area contributed by atoms with Crippen molar-refractivity contribution in [1.29, 1.82) is 0 Å². The number of nitrogens with zero attached hydrogens (tertiary/aromatic N) is 3. The van der Waals surface area contributed by atoms with Crippen LogP contribution in [-0.2, 0) is 24.4 Å². The van der Waals surface area contributed by atoms with E-state index in [0.29, 0.717) is 32.0 Å². The minimum Gasteiger partial charge on any atom is -0.359 e. The highest BCUT2D eigenvalue weighted by atomic mass is 127. The number of hydrogen-bond acceptors (Lipinski definition) is 4. The Morgan fingerprint density at radius 1 is 1.19 bits per heavy atom. The van der Waals surface area contributed by atoms with Gasteiger partial charge in [-0.25, -0.2) is 4.99 Å². The molecule has 0 spiro atoms. The highest BCUT2D eigenvalue weighted by Gasteiger charge is 2.20. The molecule has 1 aliphatic rings. The number of guanidine groups is 1. The van der Waals surface area contributed by atoms with Gasteiger partial charge in [-0.15, -0.1) is 24.0 Å².